The summed E-state index contributed by atoms with van der Waals surface area (Å²) in [4.78, 5) is 16.7. The van der Waals surface area contributed by atoms with Crippen molar-refractivity contribution in [3.63, 3.8) is 0 Å². The van der Waals surface area contributed by atoms with Gasteiger partial charge >= 0.3 is 8.60 Å². The van der Waals surface area contributed by atoms with E-state index in [1.54, 1.807) is 24.3 Å². The van der Waals surface area contributed by atoms with Gasteiger partial charge in [0.05, 0.1) is 31.8 Å². The molecule has 2 rings (SSSR count). The standard InChI is InChI=1S/C15H16O2.C5H13O6P/c1-15(2,11-3-7-13(16)8-4-11)12-5-9-14(17)10-6-12;6-1-5(2-7,3-8)4-11-12(9)10/h3-10,16-17H,1-2H3;6-10H,1-4H2. The van der Waals surface area contributed by atoms with Gasteiger partial charge in [0.2, 0.25) is 0 Å². The lowest BCUT2D eigenvalue weighted by Crippen LogP contribution is -2.38. The Labute approximate surface area is 171 Å². The van der Waals surface area contributed by atoms with E-state index in [1.165, 1.54) is 0 Å². The van der Waals surface area contributed by atoms with Crippen LogP contribution in [0.2, 0.25) is 0 Å². The molecule has 29 heavy (non-hydrogen) atoms. The van der Waals surface area contributed by atoms with Crippen LogP contribution in [-0.4, -0.2) is 61.7 Å². The summed E-state index contributed by atoms with van der Waals surface area (Å²) in [6.45, 7) is 2.49. The summed E-state index contributed by atoms with van der Waals surface area (Å²) in [7, 11) is -2.52. The molecule has 0 saturated carbocycles. The molecule has 7 N–H and O–H groups in total. The monoisotopic (exact) mass is 428 g/mol. The lowest BCUT2D eigenvalue weighted by molar-refractivity contribution is -0.0280. The molecule has 0 atom stereocenters. The Morgan fingerprint density at radius 2 is 1.07 bits per heavy atom. The molecule has 2 aromatic carbocycles. The second kappa shape index (κ2) is 11.4. The van der Waals surface area contributed by atoms with Crippen molar-refractivity contribution in [2.75, 3.05) is 26.4 Å². The molecular weight excluding hydrogens is 399 g/mol. The zero-order valence-corrected chi connectivity index (χ0v) is 17.3. The number of hydrogen-bond donors (Lipinski definition) is 7. The summed E-state index contributed by atoms with van der Waals surface area (Å²) >= 11 is 0. The van der Waals surface area contributed by atoms with Crippen molar-refractivity contribution in [3.05, 3.63) is 59.7 Å². The maximum Gasteiger partial charge on any atom is 0.327 e. The number of aliphatic hydroxyl groups is 3. The maximum atomic E-state index is 9.30. The fourth-order valence-electron chi connectivity index (χ4n) is 2.40. The van der Waals surface area contributed by atoms with E-state index >= 15 is 0 Å². The molecule has 0 radical (unpaired) electrons. The molecule has 0 aliphatic heterocycles. The van der Waals surface area contributed by atoms with Gasteiger partial charge in [0.15, 0.2) is 0 Å². The zero-order chi connectivity index (χ0) is 22.1. The highest BCUT2D eigenvalue weighted by Gasteiger charge is 2.29. The highest BCUT2D eigenvalue weighted by atomic mass is 31.2. The molecule has 0 amide bonds. The average molecular weight is 428 g/mol. The summed E-state index contributed by atoms with van der Waals surface area (Å²) < 4.78 is 4.38. The number of phenolic OH excluding ortho intramolecular Hbond substituents is 2. The van der Waals surface area contributed by atoms with Crippen molar-refractivity contribution in [2.45, 2.75) is 19.3 Å². The molecule has 0 aromatic heterocycles. The normalized spacial score (nSPS) is 11.9. The predicted octanol–water partition coefficient (Wildman–Crippen LogP) is 1.60. The Balaban J connectivity index is 0.000000311. The Morgan fingerprint density at radius 3 is 1.34 bits per heavy atom. The smallest absolute Gasteiger partial charge is 0.327 e. The number of aromatic hydroxyl groups is 2. The van der Waals surface area contributed by atoms with Gasteiger partial charge < -0.3 is 39.8 Å². The molecule has 2 aromatic rings. The number of benzene rings is 2. The van der Waals surface area contributed by atoms with E-state index in [-0.39, 0.29) is 23.5 Å². The third-order valence-electron chi connectivity index (χ3n) is 4.67. The summed E-state index contributed by atoms with van der Waals surface area (Å²) in [5, 5.41) is 44.8. The molecule has 0 fully saturated rings. The third kappa shape index (κ3) is 7.53. The Kier molecular flexibility index (Phi) is 9.95. The van der Waals surface area contributed by atoms with Crippen LogP contribution in [-0.2, 0) is 9.94 Å². The van der Waals surface area contributed by atoms with Gasteiger partial charge in [0.1, 0.15) is 11.5 Å². The minimum Gasteiger partial charge on any atom is -0.508 e. The van der Waals surface area contributed by atoms with Crippen molar-refractivity contribution < 1.29 is 39.8 Å². The van der Waals surface area contributed by atoms with E-state index < -0.39 is 33.8 Å². The van der Waals surface area contributed by atoms with E-state index in [9.17, 15) is 10.2 Å². The van der Waals surface area contributed by atoms with E-state index in [0.717, 1.165) is 11.1 Å². The molecular formula is C20H29O8P. The first-order chi connectivity index (χ1) is 13.6. The lowest BCUT2D eigenvalue weighted by Gasteiger charge is -2.26. The number of rotatable bonds is 8. The molecule has 9 heteroatoms. The Morgan fingerprint density at radius 1 is 0.724 bits per heavy atom. The maximum absolute atomic E-state index is 9.30. The van der Waals surface area contributed by atoms with Crippen LogP contribution in [0.15, 0.2) is 48.5 Å². The van der Waals surface area contributed by atoms with Gasteiger partial charge in [0.25, 0.3) is 0 Å². The molecule has 0 unspecified atom stereocenters. The van der Waals surface area contributed by atoms with Crippen LogP contribution in [0.4, 0.5) is 0 Å². The van der Waals surface area contributed by atoms with Crippen molar-refractivity contribution in [3.8, 4) is 11.5 Å². The second-order valence-corrected chi connectivity index (χ2v) is 7.98. The quantitative estimate of drug-likeness (QED) is 0.313. The highest BCUT2D eigenvalue weighted by molar-refractivity contribution is 7.39. The van der Waals surface area contributed by atoms with Crippen LogP contribution in [0.5, 0.6) is 11.5 Å². The highest BCUT2D eigenvalue weighted by Crippen LogP contribution is 2.33. The van der Waals surface area contributed by atoms with Crippen molar-refractivity contribution in [1.82, 2.24) is 0 Å². The first-order valence-electron chi connectivity index (χ1n) is 8.82. The van der Waals surface area contributed by atoms with Crippen LogP contribution in [0, 0.1) is 5.41 Å². The summed E-state index contributed by atoms with van der Waals surface area (Å²) in [5.74, 6) is 0.547. The van der Waals surface area contributed by atoms with Gasteiger partial charge in [-0.15, -0.1) is 0 Å². The second-order valence-electron chi connectivity index (χ2n) is 7.22. The first kappa shape index (κ1) is 25.3. The fourth-order valence-corrected chi connectivity index (χ4v) is 2.79. The van der Waals surface area contributed by atoms with Gasteiger partial charge in [-0.2, -0.15) is 0 Å². The molecule has 0 aliphatic carbocycles. The largest absolute Gasteiger partial charge is 0.508 e. The number of aliphatic hydroxyl groups excluding tert-OH is 3. The minimum atomic E-state index is -2.52. The van der Waals surface area contributed by atoms with E-state index in [2.05, 4.69) is 18.4 Å². The van der Waals surface area contributed by atoms with Crippen LogP contribution in [0.25, 0.3) is 0 Å². The van der Waals surface area contributed by atoms with Crippen molar-refractivity contribution in [2.24, 2.45) is 5.41 Å². The van der Waals surface area contributed by atoms with E-state index in [1.807, 2.05) is 24.3 Å². The van der Waals surface area contributed by atoms with Crippen LogP contribution < -0.4 is 0 Å². The molecule has 8 nitrogen and oxygen atoms in total. The Hall–Kier alpha value is -1.77. The molecule has 0 aliphatic rings. The number of hydrogen-bond acceptors (Lipinski definition) is 8. The molecule has 0 saturated heterocycles. The number of phenols is 2. The van der Waals surface area contributed by atoms with Crippen molar-refractivity contribution >= 4 is 8.60 Å². The molecule has 0 heterocycles. The first-order valence-corrected chi connectivity index (χ1v) is 9.99. The lowest BCUT2D eigenvalue weighted by atomic mass is 9.78. The van der Waals surface area contributed by atoms with Crippen LogP contribution >= 0.6 is 8.60 Å². The van der Waals surface area contributed by atoms with Gasteiger partial charge in [-0.1, -0.05) is 38.1 Å². The summed E-state index contributed by atoms with van der Waals surface area (Å²) in [5.41, 5.74) is 0.898. The molecule has 162 valence electrons. The van der Waals surface area contributed by atoms with Gasteiger partial charge in [0, 0.05) is 5.41 Å². The summed E-state index contributed by atoms with van der Waals surface area (Å²) in [6, 6.07) is 14.4. The zero-order valence-electron chi connectivity index (χ0n) is 16.4. The fraction of sp³-hybridized carbons (Fsp3) is 0.400. The van der Waals surface area contributed by atoms with Crippen molar-refractivity contribution in [1.29, 1.82) is 0 Å². The molecule has 0 bridgehead atoms. The SMILES string of the molecule is CC(C)(c1ccc(O)cc1)c1ccc(O)cc1.OCC(CO)(CO)COP(O)O. The van der Waals surface area contributed by atoms with Gasteiger partial charge in [-0.25, -0.2) is 0 Å². The predicted molar refractivity (Wildman–Crippen MR) is 109 cm³/mol. The Bertz CT molecular complexity index is 657. The summed E-state index contributed by atoms with van der Waals surface area (Å²) in [6.07, 6.45) is 0. The topological polar surface area (TPSA) is 151 Å². The van der Waals surface area contributed by atoms with Gasteiger partial charge in [-0.05, 0) is 35.4 Å². The van der Waals surface area contributed by atoms with Crippen LogP contribution in [0.3, 0.4) is 0 Å². The van der Waals surface area contributed by atoms with E-state index in [4.69, 9.17) is 25.1 Å². The van der Waals surface area contributed by atoms with E-state index in [0.29, 0.717) is 0 Å². The minimum absolute atomic E-state index is 0.151. The average Bonchev–Trinajstić information content (AvgIpc) is 2.70. The molecule has 0 spiro atoms. The van der Waals surface area contributed by atoms with Crippen LogP contribution in [0.1, 0.15) is 25.0 Å². The third-order valence-corrected chi connectivity index (χ3v) is 5.03. The van der Waals surface area contributed by atoms with Gasteiger partial charge in [-0.3, -0.25) is 0 Å².